The van der Waals surface area contributed by atoms with Gasteiger partial charge in [0, 0.05) is 6.42 Å². The molecule has 1 rings (SSSR count). The molecule has 0 saturated heterocycles. The molecule has 0 aliphatic heterocycles. The van der Waals surface area contributed by atoms with Gasteiger partial charge in [0.2, 0.25) is 5.91 Å². The minimum Gasteiger partial charge on any atom is -0.397 e. The molecule has 4 nitrogen and oxygen atoms in total. The van der Waals surface area contributed by atoms with E-state index in [1.54, 1.807) is 13.0 Å². The van der Waals surface area contributed by atoms with Crippen LogP contribution in [0.1, 0.15) is 18.4 Å². The van der Waals surface area contributed by atoms with Crippen molar-refractivity contribution in [2.45, 2.75) is 25.9 Å². The Kier molecular flexibility index (Phi) is 3.93. The number of carbonyl (C=O) groups is 1. The first-order valence-electron chi connectivity index (χ1n) is 4.86. The highest BCUT2D eigenvalue weighted by molar-refractivity contribution is 5.90. The summed E-state index contributed by atoms with van der Waals surface area (Å²) in [6, 6.07) is 1.58. The summed E-state index contributed by atoms with van der Waals surface area (Å²) in [5, 5.41) is 2.30. The predicted octanol–water partition coefficient (Wildman–Crippen LogP) is 2.25. The van der Waals surface area contributed by atoms with Crippen molar-refractivity contribution < 1.29 is 18.0 Å². The van der Waals surface area contributed by atoms with Crippen molar-refractivity contribution in [2.75, 3.05) is 11.1 Å². The Morgan fingerprint density at radius 3 is 2.71 bits per heavy atom. The minimum absolute atomic E-state index is 0.228. The Hall–Kier alpha value is -1.79. The molecule has 17 heavy (non-hydrogen) atoms. The van der Waals surface area contributed by atoms with Crippen molar-refractivity contribution >= 4 is 17.4 Å². The second-order valence-corrected chi connectivity index (χ2v) is 3.60. The molecule has 0 unspecified atom stereocenters. The molecular formula is C10H12F3N3O. The molecule has 0 saturated carbocycles. The number of anilines is 2. The van der Waals surface area contributed by atoms with E-state index >= 15 is 0 Å². The molecule has 0 aliphatic rings. The van der Waals surface area contributed by atoms with Gasteiger partial charge in [0.15, 0.2) is 0 Å². The third-order valence-electron chi connectivity index (χ3n) is 1.99. The summed E-state index contributed by atoms with van der Waals surface area (Å²) in [5.41, 5.74) is 6.48. The van der Waals surface area contributed by atoms with Crippen molar-refractivity contribution in [2.24, 2.45) is 0 Å². The number of nitrogens with zero attached hydrogens (tertiary/aromatic N) is 1. The van der Waals surface area contributed by atoms with E-state index in [9.17, 15) is 18.0 Å². The molecule has 0 aliphatic carbocycles. The van der Waals surface area contributed by atoms with E-state index in [1.807, 2.05) is 0 Å². The quantitative estimate of drug-likeness (QED) is 0.860. The molecule has 3 N–H and O–H groups in total. The van der Waals surface area contributed by atoms with Crippen LogP contribution in [-0.4, -0.2) is 17.1 Å². The fourth-order valence-electron chi connectivity index (χ4n) is 1.18. The summed E-state index contributed by atoms with van der Waals surface area (Å²) in [6.07, 6.45) is -4.77. The fraction of sp³-hybridized carbons (Fsp3) is 0.400. The van der Waals surface area contributed by atoms with Gasteiger partial charge in [0.1, 0.15) is 5.82 Å². The molecule has 0 bridgehead atoms. The van der Waals surface area contributed by atoms with Crippen LogP contribution in [0, 0.1) is 6.92 Å². The van der Waals surface area contributed by atoms with E-state index < -0.39 is 24.9 Å². The number of nitrogens with one attached hydrogen (secondary N) is 1. The number of aryl methyl sites for hydroxylation is 1. The van der Waals surface area contributed by atoms with Crippen LogP contribution in [0.4, 0.5) is 24.7 Å². The number of alkyl halides is 3. The van der Waals surface area contributed by atoms with Gasteiger partial charge < -0.3 is 11.1 Å². The maximum atomic E-state index is 11.9. The summed E-state index contributed by atoms with van der Waals surface area (Å²) in [7, 11) is 0. The van der Waals surface area contributed by atoms with Gasteiger partial charge >= 0.3 is 6.18 Å². The van der Waals surface area contributed by atoms with Crippen LogP contribution in [0.25, 0.3) is 0 Å². The Balaban J connectivity index is 2.57. The van der Waals surface area contributed by atoms with Gasteiger partial charge in [0.25, 0.3) is 0 Å². The second kappa shape index (κ2) is 5.03. The molecule has 0 fully saturated rings. The fourth-order valence-corrected chi connectivity index (χ4v) is 1.18. The lowest BCUT2D eigenvalue weighted by molar-refractivity contribution is -0.142. The number of carbonyl (C=O) groups excluding carboxylic acids is 1. The van der Waals surface area contributed by atoms with E-state index in [0.29, 0.717) is 11.3 Å². The van der Waals surface area contributed by atoms with Gasteiger partial charge in [-0.3, -0.25) is 4.79 Å². The van der Waals surface area contributed by atoms with Crippen LogP contribution >= 0.6 is 0 Å². The van der Waals surface area contributed by atoms with Gasteiger partial charge in [-0.1, -0.05) is 0 Å². The number of amides is 1. The number of aromatic nitrogens is 1. The van der Waals surface area contributed by atoms with Crippen LogP contribution in [-0.2, 0) is 4.79 Å². The average molecular weight is 247 g/mol. The molecule has 7 heteroatoms. The topological polar surface area (TPSA) is 68.0 Å². The highest BCUT2D eigenvalue weighted by atomic mass is 19.4. The number of halogens is 3. The van der Waals surface area contributed by atoms with Crippen LogP contribution in [0.3, 0.4) is 0 Å². The highest BCUT2D eigenvalue weighted by Gasteiger charge is 2.27. The lowest BCUT2D eigenvalue weighted by Gasteiger charge is -2.09. The van der Waals surface area contributed by atoms with Crippen LogP contribution in [0.5, 0.6) is 0 Å². The van der Waals surface area contributed by atoms with Crippen molar-refractivity contribution in [3.8, 4) is 0 Å². The summed E-state index contributed by atoms with van der Waals surface area (Å²) in [4.78, 5) is 15.0. The SMILES string of the molecule is Cc1cc(N)cnc1NC(=O)CCC(F)(F)F. The first-order chi connectivity index (χ1) is 7.78. The van der Waals surface area contributed by atoms with Crippen LogP contribution in [0.15, 0.2) is 12.3 Å². The van der Waals surface area contributed by atoms with E-state index in [2.05, 4.69) is 10.3 Å². The Morgan fingerprint density at radius 2 is 2.18 bits per heavy atom. The van der Waals surface area contributed by atoms with Gasteiger partial charge in [-0.05, 0) is 18.6 Å². The van der Waals surface area contributed by atoms with Gasteiger partial charge in [-0.15, -0.1) is 0 Å². The lowest BCUT2D eigenvalue weighted by Crippen LogP contribution is -2.17. The number of rotatable bonds is 3. The van der Waals surface area contributed by atoms with Crippen molar-refractivity contribution in [1.82, 2.24) is 4.98 Å². The zero-order valence-electron chi connectivity index (χ0n) is 9.14. The standard InChI is InChI=1S/C10H12F3N3O/c1-6-4-7(14)5-15-9(6)16-8(17)2-3-10(11,12)13/h4-5H,2-3,14H2,1H3,(H,15,16,17). The predicted molar refractivity (Wildman–Crippen MR) is 57.3 cm³/mol. The summed E-state index contributed by atoms with van der Waals surface area (Å²) in [5.74, 6) is -0.492. The molecular weight excluding hydrogens is 235 g/mol. The molecule has 0 radical (unpaired) electrons. The Bertz CT molecular complexity index is 418. The Morgan fingerprint density at radius 1 is 1.53 bits per heavy atom. The van der Waals surface area contributed by atoms with Gasteiger partial charge in [-0.2, -0.15) is 13.2 Å². The van der Waals surface area contributed by atoms with Crippen molar-refractivity contribution in [1.29, 1.82) is 0 Å². The molecule has 0 spiro atoms. The number of nitrogen functional groups attached to an aromatic ring is 1. The zero-order valence-corrected chi connectivity index (χ0v) is 9.14. The first kappa shape index (κ1) is 13.3. The lowest BCUT2D eigenvalue weighted by atomic mass is 10.2. The molecule has 94 valence electrons. The number of pyridine rings is 1. The first-order valence-corrected chi connectivity index (χ1v) is 4.86. The molecule has 0 aromatic carbocycles. The van der Waals surface area contributed by atoms with E-state index in [4.69, 9.17) is 5.73 Å². The highest BCUT2D eigenvalue weighted by Crippen LogP contribution is 2.22. The number of hydrogen-bond donors (Lipinski definition) is 2. The maximum absolute atomic E-state index is 11.9. The Labute approximate surface area is 96.0 Å². The molecule has 1 aromatic rings. The monoisotopic (exact) mass is 247 g/mol. The molecule has 1 heterocycles. The molecule has 1 amide bonds. The van der Waals surface area contributed by atoms with Crippen LogP contribution < -0.4 is 11.1 Å². The van der Waals surface area contributed by atoms with E-state index in [0.717, 1.165) is 0 Å². The zero-order chi connectivity index (χ0) is 13.1. The van der Waals surface area contributed by atoms with Crippen LogP contribution in [0.2, 0.25) is 0 Å². The summed E-state index contributed by atoms with van der Waals surface area (Å²) in [6.45, 7) is 1.66. The maximum Gasteiger partial charge on any atom is 0.389 e. The third-order valence-corrected chi connectivity index (χ3v) is 1.99. The molecule has 1 aromatic heterocycles. The smallest absolute Gasteiger partial charge is 0.389 e. The minimum atomic E-state index is -4.33. The second-order valence-electron chi connectivity index (χ2n) is 3.60. The number of hydrogen-bond acceptors (Lipinski definition) is 3. The third kappa shape index (κ3) is 4.71. The van der Waals surface area contributed by atoms with E-state index in [1.165, 1.54) is 6.20 Å². The number of nitrogens with two attached hydrogens (primary N) is 1. The summed E-state index contributed by atoms with van der Waals surface area (Å²) >= 11 is 0. The average Bonchev–Trinajstić information content (AvgIpc) is 2.18. The van der Waals surface area contributed by atoms with Gasteiger partial charge in [-0.25, -0.2) is 4.98 Å². The van der Waals surface area contributed by atoms with Gasteiger partial charge in [0.05, 0.1) is 18.3 Å². The van der Waals surface area contributed by atoms with Crippen molar-refractivity contribution in [3.05, 3.63) is 17.8 Å². The summed E-state index contributed by atoms with van der Waals surface area (Å²) < 4.78 is 35.6. The normalized spacial score (nSPS) is 11.3. The van der Waals surface area contributed by atoms with E-state index in [-0.39, 0.29) is 5.82 Å². The largest absolute Gasteiger partial charge is 0.397 e. The van der Waals surface area contributed by atoms with Crippen molar-refractivity contribution in [3.63, 3.8) is 0 Å². The molecule has 0 atom stereocenters.